The standard InChI is InChI=1S/C33H30N2O7S/c1-4-40-26(36)20-42-30-23(17-12-18-24(30)39-3)19-25-31(37)35-29(22-15-10-7-11-16-22)27(32(38)41-5-2)28(34-33(35)43-25)21-13-8-6-9-14-21/h6-19,29H,4-5,20H2,1-3H3/b25-19-/t29-/m1/s1. The van der Waals surface area contributed by atoms with Crippen LogP contribution in [0.5, 0.6) is 11.5 Å². The van der Waals surface area contributed by atoms with Crippen molar-refractivity contribution in [2.75, 3.05) is 26.9 Å². The van der Waals surface area contributed by atoms with Crippen LogP contribution in [-0.4, -0.2) is 43.4 Å². The average Bonchev–Trinajstić information content (AvgIpc) is 3.34. The van der Waals surface area contributed by atoms with Crippen LogP contribution in [0, 0.1) is 0 Å². The number of nitrogens with zero attached hydrogens (tertiary/aromatic N) is 2. The van der Waals surface area contributed by atoms with E-state index in [-0.39, 0.29) is 31.0 Å². The molecule has 1 aliphatic heterocycles. The molecule has 0 spiro atoms. The van der Waals surface area contributed by atoms with E-state index in [1.54, 1.807) is 38.1 Å². The second kappa shape index (κ2) is 13.3. The van der Waals surface area contributed by atoms with E-state index in [1.165, 1.54) is 23.0 Å². The minimum Gasteiger partial charge on any atom is -0.493 e. The SMILES string of the molecule is CCOC(=O)COc1c(/C=c2\sc3n(c2=O)[C@H](c2ccccc2)C(C(=O)OCC)=C(c2ccccc2)N=3)cccc1OC. The average molecular weight is 599 g/mol. The number of rotatable bonds is 10. The van der Waals surface area contributed by atoms with Gasteiger partial charge in [-0.1, -0.05) is 84.1 Å². The molecule has 0 radical (unpaired) electrons. The number of aromatic nitrogens is 1. The molecule has 43 heavy (non-hydrogen) atoms. The maximum atomic E-state index is 14.1. The summed E-state index contributed by atoms with van der Waals surface area (Å²) in [6.45, 7) is 3.52. The Morgan fingerprint density at radius 3 is 2.30 bits per heavy atom. The summed E-state index contributed by atoms with van der Waals surface area (Å²) >= 11 is 1.19. The molecule has 9 nitrogen and oxygen atoms in total. The molecule has 220 valence electrons. The molecule has 1 aromatic heterocycles. The lowest BCUT2D eigenvalue weighted by molar-refractivity contribution is -0.145. The van der Waals surface area contributed by atoms with Gasteiger partial charge in [0.25, 0.3) is 5.56 Å². The van der Waals surface area contributed by atoms with Crippen molar-refractivity contribution in [1.82, 2.24) is 4.57 Å². The Morgan fingerprint density at radius 1 is 0.930 bits per heavy atom. The van der Waals surface area contributed by atoms with Gasteiger partial charge in [-0.3, -0.25) is 9.36 Å². The minimum atomic E-state index is -0.779. The first-order valence-corrected chi connectivity index (χ1v) is 14.6. The zero-order chi connectivity index (χ0) is 30.3. The first-order chi connectivity index (χ1) is 21.0. The number of methoxy groups -OCH3 is 1. The topological polar surface area (TPSA) is 105 Å². The molecular formula is C33H30N2O7S. The predicted molar refractivity (Wildman–Crippen MR) is 163 cm³/mol. The van der Waals surface area contributed by atoms with Crippen molar-refractivity contribution in [2.24, 2.45) is 4.99 Å². The van der Waals surface area contributed by atoms with Gasteiger partial charge in [-0.2, -0.15) is 0 Å². The third-order valence-corrected chi connectivity index (χ3v) is 7.63. The van der Waals surface area contributed by atoms with Gasteiger partial charge >= 0.3 is 11.9 Å². The maximum Gasteiger partial charge on any atom is 0.344 e. The van der Waals surface area contributed by atoms with Crippen LogP contribution in [0.2, 0.25) is 0 Å². The van der Waals surface area contributed by atoms with Crippen molar-refractivity contribution in [3.8, 4) is 11.5 Å². The minimum absolute atomic E-state index is 0.167. The van der Waals surface area contributed by atoms with Crippen LogP contribution in [0.4, 0.5) is 0 Å². The number of fused-ring (bicyclic) bond motifs is 1. The summed E-state index contributed by atoms with van der Waals surface area (Å²) in [5.74, 6) is -0.387. The molecule has 5 rings (SSSR count). The highest BCUT2D eigenvalue weighted by Crippen LogP contribution is 2.35. The molecule has 10 heteroatoms. The van der Waals surface area contributed by atoms with Crippen LogP contribution >= 0.6 is 11.3 Å². The fraction of sp³-hybridized carbons (Fsp3) is 0.212. The summed E-state index contributed by atoms with van der Waals surface area (Å²) in [6, 6.07) is 23.2. The second-order valence-electron chi connectivity index (χ2n) is 9.31. The molecule has 3 aromatic carbocycles. The highest BCUT2D eigenvalue weighted by Gasteiger charge is 2.35. The second-order valence-corrected chi connectivity index (χ2v) is 10.3. The van der Waals surface area contributed by atoms with Gasteiger partial charge < -0.3 is 18.9 Å². The van der Waals surface area contributed by atoms with Crippen LogP contribution in [0.25, 0.3) is 11.8 Å². The Morgan fingerprint density at radius 2 is 1.63 bits per heavy atom. The molecule has 0 aliphatic carbocycles. The lowest BCUT2D eigenvalue weighted by Crippen LogP contribution is -2.40. The number of esters is 2. The van der Waals surface area contributed by atoms with E-state index in [9.17, 15) is 14.4 Å². The largest absolute Gasteiger partial charge is 0.493 e. The smallest absolute Gasteiger partial charge is 0.344 e. The van der Waals surface area contributed by atoms with Crippen LogP contribution in [0.1, 0.15) is 36.6 Å². The highest BCUT2D eigenvalue weighted by molar-refractivity contribution is 7.07. The van der Waals surface area contributed by atoms with E-state index < -0.39 is 18.0 Å². The van der Waals surface area contributed by atoms with Crippen molar-refractivity contribution >= 4 is 35.0 Å². The monoisotopic (exact) mass is 598 g/mol. The molecule has 0 fully saturated rings. The van der Waals surface area contributed by atoms with E-state index in [2.05, 4.69) is 0 Å². The fourth-order valence-corrected chi connectivity index (χ4v) is 5.82. The van der Waals surface area contributed by atoms with Crippen molar-refractivity contribution in [3.63, 3.8) is 0 Å². The van der Waals surface area contributed by atoms with Gasteiger partial charge in [-0.25, -0.2) is 14.6 Å². The lowest BCUT2D eigenvalue weighted by Gasteiger charge is -2.25. The summed E-state index contributed by atoms with van der Waals surface area (Å²) < 4.78 is 23.7. The number of carbonyl (C=O) groups excluding carboxylic acids is 2. The molecule has 0 N–H and O–H groups in total. The van der Waals surface area contributed by atoms with Crippen LogP contribution in [-0.2, 0) is 19.1 Å². The summed E-state index contributed by atoms with van der Waals surface area (Å²) in [5.41, 5.74) is 2.37. The van der Waals surface area contributed by atoms with Gasteiger partial charge in [-0.05, 0) is 31.6 Å². The number of benzene rings is 3. The van der Waals surface area contributed by atoms with Gasteiger partial charge in [0.05, 0.1) is 42.2 Å². The lowest BCUT2D eigenvalue weighted by atomic mass is 9.93. The molecule has 0 bridgehead atoms. The van der Waals surface area contributed by atoms with E-state index in [4.69, 9.17) is 23.9 Å². The van der Waals surface area contributed by atoms with E-state index in [0.29, 0.717) is 32.1 Å². The first-order valence-electron chi connectivity index (χ1n) is 13.8. The maximum absolute atomic E-state index is 14.1. The Labute approximate surface area is 252 Å². The Kier molecular flexibility index (Phi) is 9.17. The van der Waals surface area contributed by atoms with E-state index in [1.807, 2.05) is 60.7 Å². The van der Waals surface area contributed by atoms with Crippen LogP contribution in [0.15, 0.2) is 94.2 Å². The highest BCUT2D eigenvalue weighted by atomic mass is 32.1. The molecule has 4 aromatic rings. The predicted octanol–water partition coefficient (Wildman–Crippen LogP) is 3.89. The third kappa shape index (κ3) is 6.14. The zero-order valence-electron chi connectivity index (χ0n) is 23.9. The van der Waals surface area contributed by atoms with Crippen molar-refractivity contribution in [3.05, 3.63) is 121 Å². The fourth-order valence-electron chi connectivity index (χ4n) is 4.83. The number of ether oxygens (including phenoxy) is 4. The summed E-state index contributed by atoms with van der Waals surface area (Å²) in [5, 5.41) is 0. The van der Waals surface area contributed by atoms with Gasteiger partial charge in [0.2, 0.25) is 0 Å². The molecule has 0 unspecified atom stereocenters. The molecule has 0 saturated heterocycles. The summed E-state index contributed by atoms with van der Waals surface area (Å²) in [6.07, 6.45) is 1.67. The number of para-hydroxylation sites is 1. The number of hydrogen-bond acceptors (Lipinski definition) is 9. The van der Waals surface area contributed by atoms with Gasteiger partial charge in [0, 0.05) is 11.1 Å². The Balaban J connectivity index is 1.74. The number of thiazole rings is 1. The van der Waals surface area contributed by atoms with Crippen molar-refractivity contribution in [1.29, 1.82) is 0 Å². The molecule has 1 atom stereocenters. The molecule has 1 aliphatic rings. The van der Waals surface area contributed by atoms with Crippen LogP contribution in [0.3, 0.4) is 0 Å². The Bertz CT molecular complexity index is 1840. The Hall–Kier alpha value is -4.96. The van der Waals surface area contributed by atoms with E-state index in [0.717, 1.165) is 11.1 Å². The molecule has 0 saturated carbocycles. The number of carbonyl (C=O) groups is 2. The summed E-state index contributed by atoms with van der Waals surface area (Å²) in [4.78, 5) is 45.0. The molecule has 2 heterocycles. The quantitative estimate of drug-likeness (QED) is 0.255. The normalized spacial score (nSPS) is 14.5. The molecular weight excluding hydrogens is 568 g/mol. The molecule has 0 amide bonds. The van der Waals surface area contributed by atoms with Crippen molar-refractivity contribution in [2.45, 2.75) is 19.9 Å². The number of hydrogen-bond donors (Lipinski definition) is 0. The van der Waals surface area contributed by atoms with E-state index >= 15 is 0 Å². The summed E-state index contributed by atoms with van der Waals surface area (Å²) in [7, 11) is 1.49. The van der Waals surface area contributed by atoms with Gasteiger partial charge in [0.15, 0.2) is 22.9 Å². The zero-order valence-corrected chi connectivity index (χ0v) is 24.8. The van der Waals surface area contributed by atoms with Gasteiger partial charge in [-0.15, -0.1) is 0 Å². The van der Waals surface area contributed by atoms with Gasteiger partial charge in [0.1, 0.15) is 0 Å². The van der Waals surface area contributed by atoms with Crippen LogP contribution < -0.4 is 24.4 Å². The first kappa shape index (κ1) is 29.5. The third-order valence-electron chi connectivity index (χ3n) is 6.64. The van der Waals surface area contributed by atoms with Crippen molar-refractivity contribution < 1.29 is 28.5 Å².